The second-order valence-corrected chi connectivity index (χ2v) is 7.44. The lowest BCUT2D eigenvalue weighted by atomic mass is 9.95. The molecule has 0 bridgehead atoms. The predicted octanol–water partition coefficient (Wildman–Crippen LogP) is 4.22. The molecular formula is C20H21N3OS. The largest absolute Gasteiger partial charge is 0.508 e. The molecule has 0 aliphatic carbocycles. The Labute approximate surface area is 151 Å². The summed E-state index contributed by atoms with van der Waals surface area (Å²) in [5, 5.41) is 11.0. The molecular weight excluding hydrogens is 330 g/mol. The summed E-state index contributed by atoms with van der Waals surface area (Å²) in [5.41, 5.74) is 3.54. The Morgan fingerprint density at radius 1 is 1.16 bits per heavy atom. The average molecular weight is 351 g/mol. The van der Waals surface area contributed by atoms with Crippen LogP contribution in [-0.2, 0) is 6.42 Å². The van der Waals surface area contributed by atoms with E-state index in [0.717, 1.165) is 36.2 Å². The monoisotopic (exact) mass is 351 g/mol. The van der Waals surface area contributed by atoms with Gasteiger partial charge in [0.25, 0.3) is 0 Å². The molecule has 1 aliphatic heterocycles. The molecule has 0 amide bonds. The van der Waals surface area contributed by atoms with E-state index in [2.05, 4.69) is 52.3 Å². The van der Waals surface area contributed by atoms with Gasteiger partial charge in [-0.3, -0.25) is 0 Å². The third-order valence-corrected chi connectivity index (χ3v) is 5.65. The van der Waals surface area contributed by atoms with Gasteiger partial charge in [0.2, 0.25) is 0 Å². The highest BCUT2D eigenvalue weighted by atomic mass is 32.2. The molecule has 1 aromatic heterocycles. The van der Waals surface area contributed by atoms with E-state index in [1.807, 2.05) is 6.07 Å². The number of fused-ring (bicyclic) bond motifs is 2. The number of phenols is 1. The van der Waals surface area contributed by atoms with E-state index >= 15 is 0 Å². The lowest BCUT2D eigenvalue weighted by molar-refractivity contribution is 0.473. The molecule has 0 radical (unpaired) electrons. The van der Waals surface area contributed by atoms with Gasteiger partial charge in [-0.2, -0.15) is 0 Å². The summed E-state index contributed by atoms with van der Waals surface area (Å²) < 4.78 is 0. The number of aromatic hydroxyl groups is 1. The van der Waals surface area contributed by atoms with Crippen LogP contribution in [0.4, 0.5) is 5.82 Å². The molecule has 1 aliphatic rings. The van der Waals surface area contributed by atoms with E-state index in [9.17, 15) is 5.11 Å². The molecule has 4 rings (SSSR count). The summed E-state index contributed by atoms with van der Waals surface area (Å²) in [7, 11) is 0. The van der Waals surface area contributed by atoms with E-state index in [1.165, 1.54) is 16.0 Å². The molecule has 0 saturated carbocycles. The fourth-order valence-corrected chi connectivity index (χ4v) is 4.08. The minimum absolute atomic E-state index is 0.332. The van der Waals surface area contributed by atoms with Crippen molar-refractivity contribution in [1.82, 2.24) is 9.97 Å². The zero-order chi connectivity index (χ0) is 17.4. The second kappa shape index (κ2) is 6.56. The first kappa shape index (κ1) is 16.2. The first-order valence-electron chi connectivity index (χ1n) is 8.51. The average Bonchev–Trinajstić information content (AvgIpc) is 2.80. The molecule has 0 fully saturated rings. The molecule has 5 heteroatoms. The summed E-state index contributed by atoms with van der Waals surface area (Å²) in [6.07, 6.45) is 4.69. The second-order valence-electron chi connectivity index (χ2n) is 6.56. The van der Waals surface area contributed by atoms with Crippen LogP contribution in [0, 0.1) is 0 Å². The van der Waals surface area contributed by atoms with Crippen LogP contribution in [0.1, 0.15) is 24.0 Å². The van der Waals surface area contributed by atoms with Crippen LogP contribution in [0.3, 0.4) is 0 Å². The minimum Gasteiger partial charge on any atom is -0.508 e. The normalized spacial score (nSPS) is 17.4. The third-order valence-electron chi connectivity index (χ3n) is 4.93. The maximum absolute atomic E-state index is 9.84. The van der Waals surface area contributed by atoms with Gasteiger partial charge in [-0.1, -0.05) is 13.0 Å². The quantitative estimate of drug-likeness (QED) is 0.701. The maximum Gasteiger partial charge on any atom is 0.139 e. The number of hydrogen-bond donors (Lipinski definition) is 1. The van der Waals surface area contributed by atoms with Crippen molar-refractivity contribution >= 4 is 28.5 Å². The predicted molar refractivity (Wildman–Crippen MR) is 104 cm³/mol. The summed E-state index contributed by atoms with van der Waals surface area (Å²) >= 11 is 1.73. The number of anilines is 1. The molecule has 4 nitrogen and oxygen atoms in total. The van der Waals surface area contributed by atoms with Gasteiger partial charge in [-0.25, -0.2) is 9.97 Å². The lowest BCUT2D eigenvalue weighted by Crippen LogP contribution is -2.28. The van der Waals surface area contributed by atoms with E-state index in [0.29, 0.717) is 11.7 Å². The standard InChI is InChI=1S/C20H21N3OS/c1-13-11-23(8-7-14-3-4-15(24)9-17(13)14)20-18-10-16(25-2)5-6-19(18)21-12-22-20/h3-6,9-10,12-13,24H,7-8,11H2,1-2H3. The van der Waals surface area contributed by atoms with Crippen LogP contribution in [-0.4, -0.2) is 34.4 Å². The van der Waals surface area contributed by atoms with E-state index in [4.69, 9.17) is 0 Å². The van der Waals surface area contributed by atoms with Gasteiger partial charge < -0.3 is 10.0 Å². The molecule has 2 heterocycles. The van der Waals surface area contributed by atoms with Crippen LogP contribution in [0.25, 0.3) is 10.9 Å². The molecule has 2 aromatic carbocycles. The highest BCUT2D eigenvalue weighted by molar-refractivity contribution is 7.98. The van der Waals surface area contributed by atoms with Crippen molar-refractivity contribution in [2.24, 2.45) is 0 Å². The number of rotatable bonds is 2. The molecule has 128 valence electrons. The van der Waals surface area contributed by atoms with Crippen LogP contribution in [0.5, 0.6) is 5.75 Å². The van der Waals surface area contributed by atoms with Gasteiger partial charge in [0.15, 0.2) is 0 Å². The van der Waals surface area contributed by atoms with Gasteiger partial charge >= 0.3 is 0 Å². The smallest absolute Gasteiger partial charge is 0.139 e. The van der Waals surface area contributed by atoms with Crippen molar-refractivity contribution in [3.63, 3.8) is 0 Å². The number of hydrogen-bond acceptors (Lipinski definition) is 5. The Hall–Kier alpha value is -2.27. The summed E-state index contributed by atoms with van der Waals surface area (Å²) in [5.74, 6) is 1.68. The van der Waals surface area contributed by atoms with Crippen LogP contribution in [0.2, 0.25) is 0 Å². The van der Waals surface area contributed by atoms with Crippen molar-refractivity contribution in [2.45, 2.75) is 24.2 Å². The van der Waals surface area contributed by atoms with Gasteiger partial charge in [-0.05, 0) is 60.1 Å². The Bertz CT molecular complexity index is 928. The first-order valence-corrected chi connectivity index (χ1v) is 9.73. The number of benzene rings is 2. The number of phenolic OH excluding ortho intramolecular Hbond substituents is 1. The molecule has 0 saturated heterocycles. The van der Waals surface area contributed by atoms with Gasteiger partial charge in [0, 0.05) is 23.4 Å². The summed E-state index contributed by atoms with van der Waals surface area (Å²) in [6.45, 7) is 4.01. The Morgan fingerprint density at radius 3 is 2.88 bits per heavy atom. The molecule has 1 unspecified atom stereocenters. The van der Waals surface area contributed by atoms with Gasteiger partial charge in [-0.15, -0.1) is 11.8 Å². The molecule has 1 N–H and O–H groups in total. The van der Waals surface area contributed by atoms with Crippen LogP contribution >= 0.6 is 11.8 Å². The third kappa shape index (κ3) is 3.04. The van der Waals surface area contributed by atoms with Crippen molar-refractivity contribution < 1.29 is 5.11 Å². The SMILES string of the molecule is CSc1ccc2ncnc(N3CCc4ccc(O)cc4C(C)C3)c2c1. The molecule has 0 spiro atoms. The zero-order valence-electron chi connectivity index (χ0n) is 14.4. The first-order chi connectivity index (χ1) is 12.2. The highest BCUT2D eigenvalue weighted by Gasteiger charge is 2.22. The Morgan fingerprint density at radius 2 is 2.04 bits per heavy atom. The Balaban J connectivity index is 1.75. The fourth-order valence-electron chi connectivity index (χ4n) is 3.64. The van der Waals surface area contributed by atoms with Gasteiger partial charge in [0.05, 0.1) is 5.52 Å². The highest BCUT2D eigenvalue weighted by Crippen LogP contribution is 2.33. The van der Waals surface area contributed by atoms with Crippen molar-refractivity contribution in [3.05, 3.63) is 53.9 Å². The summed E-state index contributed by atoms with van der Waals surface area (Å²) in [4.78, 5) is 12.6. The van der Waals surface area contributed by atoms with E-state index < -0.39 is 0 Å². The fraction of sp³-hybridized carbons (Fsp3) is 0.300. The van der Waals surface area contributed by atoms with E-state index in [-0.39, 0.29) is 0 Å². The Kier molecular flexibility index (Phi) is 4.25. The topological polar surface area (TPSA) is 49.2 Å². The number of aromatic nitrogens is 2. The number of nitrogens with zero attached hydrogens (tertiary/aromatic N) is 3. The van der Waals surface area contributed by atoms with Crippen LogP contribution in [0.15, 0.2) is 47.6 Å². The lowest BCUT2D eigenvalue weighted by Gasteiger charge is -2.25. The van der Waals surface area contributed by atoms with Crippen molar-refractivity contribution in [2.75, 3.05) is 24.2 Å². The molecule has 25 heavy (non-hydrogen) atoms. The van der Waals surface area contributed by atoms with Crippen LogP contribution < -0.4 is 4.90 Å². The van der Waals surface area contributed by atoms with Crippen molar-refractivity contribution in [3.8, 4) is 5.75 Å². The van der Waals surface area contributed by atoms with Crippen molar-refractivity contribution in [1.29, 1.82) is 0 Å². The molecule has 1 atom stereocenters. The number of thioether (sulfide) groups is 1. The van der Waals surface area contributed by atoms with Gasteiger partial charge in [0.1, 0.15) is 17.9 Å². The van der Waals surface area contributed by atoms with E-state index in [1.54, 1.807) is 24.2 Å². The zero-order valence-corrected chi connectivity index (χ0v) is 15.3. The maximum atomic E-state index is 9.84. The minimum atomic E-state index is 0.332. The summed E-state index contributed by atoms with van der Waals surface area (Å²) in [6, 6.07) is 12.1. The molecule has 3 aromatic rings.